The number of hydrogen-bond donors (Lipinski definition) is 2. The molecule has 2 heterocycles. The lowest BCUT2D eigenvalue weighted by molar-refractivity contribution is 0.626. The summed E-state index contributed by atoms with van der Waals surface area (Å²) in [6, 6.07) is 29.7. The maximum absolute atomic E-state index is 13.1. The average molecular weight is 567 g/mol. The Labute approximate surface area is 239 Å². The van der Waals surface area contributed by atoms with Crippen molar-refractivity contribution in [1.82, 2.24) is 9.97 Å². The molecule has 0 unspecified atom stereocenters. The zero-order valence-corrected chi connectivity index (χ0v) is 22.9. The summed E-state index contributed by atoms with van der Waals surface area (Å²) in [5, 5.41) is 12.3. The van der Waals surface area contributed by atoms with Gasteiger partial charge in [-0.3, -0.25) is 0 Å². The predicted molar refractivity (Wildman–Crippen MR) is 162 cm³/mol. The lowest BCUT2D eigenvalue weighted by Crippen LogP contribution is -1.98. The third-order valence-corrected chi connectivity index (χ3v) is 8.02. The van der Waals surface area contributed by atoms with Gasteiger partial charge in [0.05, 0.1) is 11.4 Å². The number of nitrogens with one attached hydrogen (secondary N) is 2. The van der Waals surface area contributed by atoms with Crippen LogP contribution in [-0.4, -0.2) is 9.97 Å². The van der Waals surface area contributed by atoms with E-state index >= 15 is 0 Å². The third kappa shape index (κ3) is 6.25. The summed E-state index contributed by atoms with van der Waals surface area (Å²) < 4.78 is 26.2. The van der Waals surface area contributed by atoms with Crippen LogP contribution >= 0.6 is 22.7 Å². The summed E-state index contributed by atoms with van der Waals surface area (Å²) in [6.07, 6.45) is 0. The summed E-state index contributed by atoms with van der Waals surface area (Å²) in [4.78, 5) is 9.41. The van der Waals surface area contributed by atoms with E-state index in [0.717, 1.165) is 55.0 Å². The molecule has 8 heteroatoms. The van der Waals surface area contributed by atoms with Crippen molar-refractivity contribution in [1.29, 1.82) is 0 Å². The van der Waals surface area contributed by atoms with Crippen LogP contribution in [0.25, 0.3) is 33.6 Å². The minimum absolute atomic E-state index is 0.235. The highest BCUT2D eigenvalue weighted by Gasteiger charge is 2.08. The molecule has 40 heavy (non-hydrogen) atoms. The molecule has 0 atom stereocenters. The van der Waals surface area contributed by atoms with Crippen LogP contribution in [0.3, 0.4) is 0 Å². The Kier molecular flexibility index (Phi) is 7.61. The number of hydrogen-bond acceptors (Lipinski definition) is 6. The quantitative estimate of drug-likeness (QED) is 0.183. The van der Waals surface area contributed by atoms with Crippen LogP contribution < -0.4 is 10.6 Å². The molecule has 2 N–H and O–H groups in total. The second-order valence-corrected chi connectivity index (χ2v) is 10.9. The van der Waals surface area contributed by atoms with E-state index in [1.165, 1.54) is 24.3 Å². The molecular formula is C32H24F2N4S2. The Morgan fingerprint density at radius 1 is 0.475 bits per heavy atom. The van der Waals surface area contributed by atoms with Gasteiger partial charge in [-0.2, -0.15) is 0 Å². The van der Waals surface area contributed by atoms with Gasteiger partial charge in [0.1, 0.15) is 11.6 Å². The molecule has 0 aliphatic rings. The normalized spacial score (nSPS) is 10.9. The van der Waals surface area contributed by atoms with Gasteiger partial charge in [0, 0.05) is 35.0 Å². The predicted octanol–water partition coefficient (Wildman–Crippen LogP) is 9.10. The van der Waals surface area contributed by atoms with Crippen LogP contribution in [0.2, 0.25) is 0 Å². The molecule has 0 spiro atoms. The molecule has 0 aliphatic heterocycles. The molecule has 198 valence electrons. The van der Waals surface area contributed by atoms with Crippen molar-refractivity contribution in [2.45, 2.75) is 13.1 Å². The van der Waals surface area contributed by atoms with Crippen LogP contribution in [0.15, 0.2) is 108 Å². The van der Waals surface area contributed by atoms with Crippen molar-refractivity contribution in [2.75, 3.05) is 10.6 Å². The summed E-state index contributed by atoms with van der Waals surface area (Å²) in [5.74, 6) is -0.469. The lowest BCUT2D eigenvalue weighted by atomic mass is 10.0. The third-order valence-electron chi connectivity index (χ3n) is 6.42. The number of rotatable bonds is 9. The van der Waals surface area contributed by atoms with Gasteiger partial charge in [0.15, 0.2) is 10.3 Å². The van der Waals surface area contributed by atoms with E-state index in [-0.39, 0.29) is 11.6 Å². The van der Waals surface area contributed by atoms with Crippen LogP contribution in [0.1, 0.15) is 11.1 Å². The van der Waals surface area contributed by atoms with E-state index in [1.54, 1.807) is 46.9 Å². The van der Waals surface area contributed by atoms with E-state index in [9.17, 15) is 8.78 Å². The summed E-state index contributed by atoms with van der Waals surface area (Å²) in [6.45, 7) is 1.19. The molecule has 2 aromatic heterocycles. The van der Waals surface area contributed by atoms with Gasteiger partial charge < -0.3 is 10.6 Å². The number of halogens is 2. The molecule has 0 aliphatic carbocycles. The van der Waals surface area contributed by atoms with E-state index in [0.29, 0.717) is 13.1 Å². The molecule has 0 fully saturated rings. The highest BCUT2D eigenvalue weighted by molar-refractivity contribution is 7.14. The van der Waals surface area contributed by atoms with Crippen molar-refractivity contribution in [3.8, 4) is 33.6 Å². The van der Waals surface area contributed by atoms with Crippen LogP contribution in [0.4, 0.5) is 19.0 Å². The van der Waals surface area contributed by atoms with Crippen molar-refractivity contribution in [2.24, 2.45) is 0 Å². The summed E-state index contributed by atoms with van der Waals surface area (Å²) >= 11 is 3.10. The maximum Gasteiger partial charge on any atom is 0.183 e. The minimum atomic E-state index is -0.235. The molecular weight excluding hydrogens is 543 g/mol. The van der Waals surface area contributed by atoms with E-state index in [1.807, 2.05) is 10.8 Å². The van der Waals surface area contributed by atoms with Crippen molar-refractivity contribution < 1.29 is 8.78 Å². The van der Waals surface area contributed by atoms with Crippen molar-refractivity contribution >= 4 is 32.9 Å². The molecule has 0 saturated heterocycles. The Morgan fingerprint density at radius 2 is 0.825 bits per heavy atom. The second-order valence-electron chi connectivity index (χ2n) is 9.19. The van der Waals surface area contributed by atoms with Crippen LogP contribution in [-0.2, 0) is 13.1 Å². The second kappa shape index (κ2) is 11.8. The van der Waals surface area contributed by atoms with Crippen LogP contribution in [0.5, 0.6) is 0 Å². The number of aromatic nitrogens is 2. The lowest BCUT2D eigenvalue weighted by Gasteiger charge is -2.05. The van der Waals surface area contributed by atoms with Gasteiger partial charge >= 0.3 is 0 Å². The van der Waals surface area contributed by atoms with E-state index in [2.05, 4.69) is 59.2 Å². The number of nitrogens with zero attached hydrogens (tertiary/aromatic N) is 2. The Morgan fingerprint density at radius 3 is 1.20 bits per heavy atom. The number of anilines is 2. The first-order valence-electron chi connectivity index (χ1n) is 12.7. The smallest absolute Gasteiger partial charge is 0.183 e. The van der Waals surface area contributed by atoms with Gasteiger partial charge in [-0.15, -0.1) is 22.7 Å². The van der Waals surface area contributed by atoms with Gasteiger partial charge in [0.25, 0.3) is 0 Å². The Balaban J connectivity index is 1.06. The topological polar surface area (TPSA) is 49.8 Å². The Hall–Kier alpha value is -4.40. The molecule has 0 radical (unpaired) electrons. The molecule has 0 bridgehead atoms. The van der Waals surface area contributed by atoms with Gasteiger partial charge in [-0.25, -0.2) is 18.7 Å². The highest BCUT2D eigenvalue weighted by atomic mass is 32.1. The molecule has 6 rings (SSSR count). The zero-order chi connectivity index (χ0) is 27.3. The first kappa shape index (κ1) is 25.9. The molecule has 0 saturated carbocycles. The van der Waals surface area contributed by atoms with Gasteiger partial charge in [0.2, 0.25) is 0 Å². The van der Waals surface area contributed by atoms with Crippen molar-refractivity contribution in [3.63, 3.8) is 0 Å². The van der Waals surface area contributed by atoms with Crippen LogP contribution in [0, 0.1) is 11.6 Å². The van der Waals surface area contributed by atoms with E-state index in [4.69, 9.17) is 9.97 Å². The first-order chi connectivity index (χ1) is 19.6. The fraction of sp³-hybridized carbons (Fsp3) is 0.0625. The summed E-state index contributed by atoms with van der Waals surface area (Å²) in [7, 11) is 0. The largest absolute Gasteiger partial charge is 0.357 e. The van der Waals surface area contributed by atoms with E-state index < -0.39 is 0 Å². The monoisotopic (exact) mass is 566 g/mol. The fourth-order valence-electron chi connectivity index (χ4n) is 4.20. The van der Waals surface area contributed by atoms with Gasteiger partial charge in [-0.1, -0.05) is 72.8 Å². The SMILES string of the molecule is Fc1ccc(CNc2nc(-c3ccc(-c4ccc(-c5csc(NCc6ccc(F)cc6)n5)cc4)cc3)cs2)cc1. The molecule has 4 aromatic carbocycles. The minimum Gasteiger partial charge on any atom is -0.357 e. The zero-order valence-electron chi connectivity index (χ0n) is 21.3. The molecule has 0 amide bonds. The summed E-state index contributed by atoms with van der Waals surface area (Å²) in [5.41, 5.74) is 8.19. The fourth-order valence-corrected chi connectivity index (χ4v) is 5.64. The standard InChI is InChI=1S/C32H24F2N4S2/c33-27-13-1-21(2-14-27)17-35-31-37-29(19-39-31)25-9-5-23(6-10-25)24-7-11-26(12-8-24)30-20-40-32(38-30)36-18-22-3-15-28(34)16-4-22/h1-16,19-20H,17-18H2,(H,35,37)(H,36,38). The average Bonchev–Trinajstić information content (AvgIpc) is 3.67. The maximum atomic E-state index is 13.1. The Bertz CT molecular complexity index is 1560. The van der Waals surface area contributed by atoms with Gasteiger partial charge in [-0.05, 0) is 46.5 Å². The highest BCUT2D eigenvalue weighted by Crippen LogP contribution is 2.30. The number of thiazole rings is 2. The first-order valence-corrected chi connectivity index (χ1v) is 14.4. The molecule has 6 aromatic rings. The van der Waals surface area contributed by atoms with Crippen molar-refractivity contribution in [3.05, 3.63) is 131 Å². The molecule has 4 nitrogen and oxygen atoms in total. The number of benzene rings is 4.